The topological polar surface area (TPSA) is 76.1 Å². The molecule has 0 saturated heterocycles. The number of anilines is 2. The molecule has 6 nitrogen and oxygen atoms in total. The number of amides is 1. The van der Waals surface area contributed by atoms with Crippen LogP contribution in [0.25, 0.3) is 0 Å². The van der Waals surface area contributed by atoms with Crippen molar-refractivity contribution in [1.82, 2.24) is 15.5 Å². The smallest absolute Gasteiger partial charge is 0.271 e. The first-order valence-corrected chi connectivity index (χ1v) is 8.42. The van der Waals surface area contributed by atoms with Crippen molar-refractivity contribution in [2.75, 3.05) is 19.0 Å². The van der Waals surface area contributed by atoms with Gasteiger partial charge in [0, 0.05) is 12.2 Å². The van der Waals surface area contributed by atoms with E-state index in [9.17, 15) is 9.18 Å². The molecule has 2 aromatic carbocycles. The van der Waals surface area contributed by atoms with Crippen LogP contribution >= 0.6 is 0 Å². The first-order chi connectivity index (χ1) is 13.2. The van der Waals surface area contributed by atoms with E-state index in [4.69, 9.17) is 4.74 Å². The fourth-order valence-electron chi connectivity index (χ4n) is 2.54. The lowest BCUT2D eigenvalue weighted by molar-refractivity contribution is 0.0948. The van der Waals surface area contributed by atoms with E-state index in [2.05, 4.69) is 20.8 Å². The van der Waals surface area contributed by atoms with Gasteiger partial charge in [-0.1, -0.05) is 24.3 Å². The fourth-order valence-corrected chi connectivity index (χ4v) is 2.54. The van der Waals surface area contributed by atoms with E-state index in [1.165, 1.54) is 12.1 Å². The van der Waals surface area contributed by atoms with Crippen LogP contribution in [0, 0.1) is 5.82 Å². The van der Waals surface area contributed by atoms with Gasteiger partial charge in [-0.2, -0.15) is 0 Å². The molecule has 7 heteroatoms. The average Bonchev–Trinajstić information content (AvgIpc) is 2.69. The largest absolute Gasteiger partial charge is 0.496 e. The molecule has 0 unspecified atom stereocenters. The van der Waals surface area contributed by atoms with Crippen molar-refractivity contribution in [1.29, 1.82) is 0 Å². The number of hydrogen-bond donors (Lipinski definition) is 2. The molecule has 2 N–H and O–H groups in total. The molecule has 3 rings (SSSR count). The summed E-state index contributed by atoms with van der Waals surface area (Å²) in [6.07, 6.45) is 0.641. The van der Waals surface area contributed by atoms with Gasteiger partial charge in [-0.25, -0.2) is 4.39 Å². The van der Waals surface area contributed by atoms with Crippen LogP contribution in [-0.4, -0.2) is 29.8 Å². The second-order valence-corrected chi connectivity index (χ2v) is 5.76. The lowest BCUT2D eigenvalue weighted by atomic mass is 10.1. The van der Waals surface area contributed by atoms with Gasteiger partial charge in [0.15, 0.2) is 11.5 Å². The quantitative estimate of drug-likeness (QED) is 0.671. The van der Waals surface area contributed by atoms with Gasteiger partial charge in [0.05, 0.1) is 7.11 Å². The zero-order valence-corrected chi connectivity index (χ0v) is 14.8. The SMILES string of the molecule is COc1ccccc1CCNC(=O)c1ccc(Nc2cccc(F)c2)nn1. The highest BCUT2D eigenvalue weighted by Crippen LogP contribution is 2.17. The fraction of sp³-hybridized carbons (Fsp3) is 0.150. The summed E-state index contributed by atoms with van der Waals surface area (Å²) in [5, 5.41) is 13.6. The molecule has 0 aliphatic heterocycles. The van der Waals surface area contributed by atoms with Gasteiger partial charge >= 0.3 is 0 Å². The molecule has 0 saturated carbocycles. The number of ether oxygens (including phenoxy) is 1. The van der Waals surface area contributed by atoms with E-state index in [1.54, 1.807) is 31.4 Å². The van der Waals surface area contributed by atoms with Gasteiger partial charge in [0.25, 0.3) is 5.91 Å². The Labute approximate surface area is 156 Å². The van der Waals surface area contributed by atoms with Crippen LogP contribution in [0.2, 0.25) is 0 Å². The summed E-state index contributed by atoms with van der Waals surface area (Å²) >= 11 is 0. The molecule has 1 aromatic heterocycles. The minimum atomic E-state index is -0.348. The molecular weight excluding hydrogens is 347 g/mol. The molecule has 0 aliphatic rings. The van der Waals surface area contributed by atoms with Crippen LogP contribution in [-0.2, 0) is 6.42 Å². The molecule has 0 bridgehead atoms. The minimum absolute atomic E-state index is 0.208. The standard InChI is InChI=1S/C20H19FN4O2/c1-27-18-8-3-2-5-14(18)11-12-22-20(26)17-9-10-19(25-24-17)23-16-7-4-6-15(21)13-16/h2-10,13H,11-12H2,1H3,(H,22,26)(H,23,25). The number of rotatable bonds is 7. The van der Waals surface area contributed by atoms with Crippen molar-refractivity contribution in [3.8, 4) is 5.75 Å². The number of hydrogen-bond acceptors (Lipinski definition) is 5. The molecule has 1 amide bonds. The first kappa shape index (κ1) is 18.3. The zero-order chi connectivity index (χ0) is 19.1. The van der Waals surface area contributed by atoms with Crippen molar-refractivity contribution in [2.45, 2.75) is 6.42 Å². The van der Waals surface area contributed by atoms with Gasteiger partial charge in [0.2, 0.25) is 0 Å². The molecular formula is C20H19FN4O2. The zero-order valence-electron chi connectivity index (χ0n) is 14.8. The Morgan fingerprint density at radius 2 is 1.93 bits per heavy atom. The Kier molecular flexibility index (Phi) is 5.94. The number of nitrogens with zero attached hydrogens (tertiary/aromatic N) is 2. The number of para-hydroxylation sites is 1. The Balaban J connectivity index is 1.54. The highest BCUT2D eigenvalue weighted by atomic mass is 19.1. The number of carbonyl (C=O) groups is 1. The monoisotopic (exact) mass is 366 g/mol. The van der Waals surface area contributed by atoms with Crippen LogP contribution in [0.4, 0.5) is 15.9 Å². The predicted octanol–water partition coefficient (Wildman–Crippen LogP) is 3.34. The van der Waals surface area contributed by atoms with Crippen molar-refractivity contribution < 1.29 is 13.9 Å². The van der Waals surface area contributed by atoms with Gasteiger partial charge in [-0.05, 0) is 48.4 Å². The van der Waals surface area contributed by atoms with Gasteiger partial charge < -0.3 is 15.4 Å². The van der Waals surface area contributed by atoms with E-state index in [1.807, 2.05) is 24.3 Å². The first-order valence-electron chi connectivity index (χ1n) is 8.42. The third-order valence-electron chi connectivity index (χ3n) is 3.87. The lowest BCUT2D eigenvalue weighted by Crippen LogP contribution is -2.26. The van der Waals surface area contributed by atoms with Gasteiger partial charge in [0.1, 0.15) is 11.6 Å². The predicted molar refractivity (Wildman–Crippen MR) is 101 cm³/mol. The van der Waals surface area contributed by atoms with E-state index >= 15 is 0 Å². The van der Waals surface area contributed by atoms with Crippen molar-refractivity contribution in [3.05, 3.63) is 77.7 Å². The molecule has 138 valence electrons. The Morgan fingerprint density at radius 1 is 1.07 bits per heavy atom. The molecule has 1 heterocycles. The van der Waals surface area contributed by atoms with Crippen molar-refractivity contribution >= 4 is 17.4 Å². The minimum Gasteiger partial charge on any atom is -0.496 e. The van der Waals surface area contributed by atoms with E-state index in [0.717, 1.165) is 11.3 Å². The highest BCUT2D eigenvalue weighted by molar-refractivity contribution is 5.92. The molecule has 3 aromatic rings. The van der Waals surface area contributed by atoms with Crippen LogP contribution < -0.4 is 15.4 Å². The van der Waals surface area contributed by atoms with Gasteiger partial charge in [-0.3, -0.25) is 4.79 Å². The second kappa shape index (κ2) is 8.75. The number of halogens is 1. The summed E-state index contributed by atoms with van der Waals surface area (Å²) in [7, 11) is 1.62. The third kappa shape index (κ3) is 5.01. The van der Waals surface area contributed by atoms with Crippen LogP contribution in [0.5, 0.6) is 5.75 Å². The van der Waals surface area contributed by atoms with Gasteiger partial charge in [-0.15, -0.1) is 10.2 Å². The Morgan fingerprint density at radius 3 is 2.67 bits per heavy atom. The number of aromatic nitrogens is 2. The normalized spacial score (nSPS) is 10.3. The maximum absolute atomic E-state index is 13.2. The summed E-state index contributed by atoms with van der Waals surface area (Å²) in [6.45, 7) is 0.449. The third-order valence-corrected chi connectivity index (χ3v) is 3.87. The summed E-state index contributed by atoms with van der Waals surface area (Å²) in [4.78, 5) is 12.2. The van der Waals surface area contributed by atoms with Crippen LogP contribution in [0.3, 0.4) is 0 Å². The van der Waals surface area contributed by atoms with E-state index in [0.29, 0.717) is 24.5 Å². The summed E-state index contributed by atoms with van der Waals surface area (Å²) in [5.74, 6) is 0.555. The lowest BCUT2D eigenvalue weighted by Gasteiger charge is -2.09. The summed E-state index contributed by atoms with van der Waals surface area (Å²) in [5.41, 5.74) is 1.78. The molecule has 0 fully saturated rings. The van der Waals surface area contributed by atoms with Crippen molar-refractivity contribution in [3.63, 3.8) is 0 Å². The van der Waals surface area contributed by atoms with Crippen LogP contribution in [0.15, 0.2) is 60.7 Å². The maximum atomic E-state index is 13.2. The molecule has 0 aliphatic carbocycles. The number of nitrogens with one attached hydrogen (secondary N) is 2. The average molecular weight is 366 g/mol. The Hall–Kier alpha value is -3.48. The molecule has 0 spiro atoms. The van der Waals surface area contributed by atoms with Crippen molar-refractivity contribution in [2.24, 2.45) is 0 Å². The van der Waals surface area contributed by atoms with E-state index < -0.39 is 0 Å². The molecule has 27 heavy (non-hydrogen) atoms. The van der Waals surface area contributed by atoms with E-state index in [-0.39, 0.29) is 17.4 Å². The number of methoxy groups -OCH3 is 1. The highest BCUT2D eigenvalue weighted by Gasteiger charge is 2.09. The second-order valence-electron chi connectivity index (χ2n) is 5.76. The summed E-state index contributed by atoms with van der Waals surface area (Å²) < 4.78 is 18.5. The molecule has 0 atom stereocenters. The molecule has 0 radical (unpaired) electrons. The number of carbonyl (C=O) groups excluding carboxylic acids is 1. The number of benzene rings is 2. The summed E-state index contributed by atoms with van der Waals surface area (Å²) in [6, 6.07) is 16.9. The van der Waals surface area contributed by atoms with Crippen LogP contribution in [0.1, 0.15) is 16.1 Å². The Bertz CT molecular complexity index is 916. The maximum Gasteiger partial charge on any atom is 0.271 e.